The Labute approximate surface area is 234 Å². The van der Waals surface area contributed by atoms with Crippen LogP contribution in [0.5, 0.6) is 0 Å². The molecule has 3 rings (SSSR count). The minimum Gasteiger partial charge on any atom is -0.447 e. The predicted octanol–water partition coefficient (Wildman–Crippen LogP) is 5.99. The monoisotopic (exact) mass is 586 g/mol. The summed E-state index contributed by atoms with van der Waals surface area (Å²) in [6, 6.07) is 15.8. The van der Waals surface area contributed by atoms with E-state index in [0.29, 0.717) is 19.4 Å². The van der Waals surface area contributed by atoms with E-state index in [4.69, 9.17) is 9.47 Å². The number of ether oxygens (including phenoxy) is 2. The first-order valence-corrected chi connectivity index (χ1v) is 14.5. The van der Waals surface area contributed by atoms with Crippen LogP contribution in [0.25, 0.3) is 0 Å². The van der Waals surface area contributed by atoms with Crippen LogP contribution in [0.15, 0.2) is 48.5 Å². The lowest BCUT2D eigenvalue weighted by Gasteiger charge is -2.21. The average Bonchev–Trinajstić information content (AvgIpc) is 3.23. The summed E-state index contributed by atoms with van der Waals surface area (Å²) in [4.78, 5) is 39.0. The van der Waals surface area contributed by atoms with Crippen molar-refractivity contribution >= 4 is 34.0 Å². The smallest absolute Gasteiger partial charge is 0.416 e. The highest BCUT2D eigenvalue weighted by Crippen LogP contribution is 2.23. The van der Waals surface area contributed by atoms with Gasteiger partial charge < -0.3 is 14.8 Å². The quantitative estimate of drug-likeness (QED) is 0.244. The molecule has 1 fully saturated rings. The Balaban J connectivity index is 1.64. The first kappa shape index (κ1) is 29.7. The van der Waals surface area contributed by atoms with Gasteiger partial charge in [0.25, 0.3) is 0 Å². The van der Waals surface area contributed by atoms with E-state index < -0.39 is 17.8 Å². The van der Waals surface area contributed by atoms with Gasteiger partial charge in [-0.1, -0.05) is 64.5 Å². The van der Waals surface area contributed by atoms with Crippen LogP contribution in [-0.2, 0) is 40.0 Å². The number of hydrogen-bond acceptors (Lipinski definition) is 5. The first-order chi connectivity index (χ1) is 18.2. The average molecular weight is 588 g/mol. The largest absolute Gasteiger partial charge is 0.447 e. The lowest BCUT2D eigenvalue weighted by molar-refractivity contribution is -0.129. The van der Waals surface area contributed by atoms with E-state index in [1.54, 1.807) is 0 Å². The maximum atomic E-state index is 13.3. The van der Waals surface area contributed by atoms with Gasteiger partial charge in [0.15, 0.2) is 0 Å². The van der Waals surface area contributed by atoms with Gasteiger partial charge in [0.2, 0.25) is 5.91 Å². The third-order valence-electron chi connectivity index (χ3n) is 6.37. The maximum Gasteiger partial charge on any atom is 0.416 e. The second-order valence-electron chi connectivity index (χ2n) is 10.6. The molecule has 0 spiro atoms. The molecule has 2 aromatic rings. The van der Waals surface area contributed by atoms with Crippen molar-refractivity contribution in [3.8, 4) is 0 Å². The van der Waals surface area contributed by atoms with Crippen LogP contribution in [0, 0.1) is 0 Å². The highest BCUT2D eigenvalue weighted by atomic mass is 79.9. The Hall–Kier alpha value is -2.87. The molecule has 38 heavy (non-hydrogen) atoms. The highest BCUT2D eigenvalue weighted by molar-refractivity contribution is 9.09. The van der Waals surface area contributed by atoms with Crippen molar-refractivity contribution in [2.45, 2.75) is 77.4 Å². The fraction of sp³-hybridized carbons (Fsp3) is 0.500. The molecule has 2 aromatic carbocycles. The summed E-state index contributed by atoms with van der Waals surface area (Å²) in [6.45, 7) is 6.23. The molecule has 1 aliphatic rings. The number of nitrogens with one attached hydrogen (secondary N) is 1. The van der Waals surface area contributed by atoms with Gasteiger partial charge in [-0.05, 0) is 81.5 Å². The summed E-state index contributed by atoms with van der Waals surface area (Å²) in [5.74, 6) is -0.207. The fourth-order valence-corrected chi connectivity index (χ4v) is 4.95. The van der Waals surface area contributed by atoms with E-state index in [-0.39, 0.29) is 25.0 Å². The van der Waals surface area contributed by atoms with Crippen LogP contribution in [0.2, 0.25) is 0 Å². The molecule has 206 valence electrons. The lowest BCUT2D eigenvalue weighted by Crippen LogP contribution is -2.40. The Morgan fingerprint density at radius 1 is 1.03 bits per heavy atom. The molecule has 7 nitrogen and oxygen atoms in total. The minimum absolute atomic E-state index is 0.207. The number of halogens is 1. The van der Waals surface area contributed by atoms with E-state index in [2.05, 4.69) is 39.4 Å². The molecule has 1 N–H and O–H groups in total. The van der Waals surface area contributed by atoms with Crippen molar-refractivity contribution in [3.05, 3.63) is 70.8 Å². The van der Waals surface area contributed by atoms with Crippen LogP contribution in [0.4, 0.5) is 9.59 Å². The number of amides is 3. The second-order valence-corrected chi connectivity index (χ2v) is 11.4. The van der Waals surface area contributed by atoms with Gasteiger partial charge in [0.05, 0.1) is 6.04 Å². The van der Waals surface area contributed by atoms with E-state index >= 15 is 0 Å². The van der Waals surface area contributed by atoms with Gasteiger partial charge in [0, 0.05) is 18.3 Å². The van der Waals surface area contributed by atoms with Gasteiger partial charge in [-0.25, -0.2) is 14.5 Å². The van der Waals surface area contributed by atoms with E-state index in [1.807, 2.05) is 51.1 Å². The number of carbonyl (C=O) groups excluding carboxylic acids is 3. The number of benzene rings is 2. The molecule has 1 saturated heterocycles. The Morgan fingerprint density at radius 3 is 2.37 bits per heavy atom. The van der Waals surface area contributed by atoms with Gasteiger partial charge in [-0.3, -0.25) is 4.79 Å². The Kier molecular flexibility index (Phi) is 11.2. The maximum absolute atomic E-state index is 13.3. The summed E-state index contributed by atoms with van der Waals surface area (Å²) >= 11 is 3.52. The number of alkyl carbamates (subject to hydrolysis) is 1. The zero-order valence-electron chi connectivity index (χ0n) is 22.6. The molecular weight excluding hydrogens is 548 g/mol. The third kappa shape index (κ3) is 9.15. The topological polar surface area (TPSA) is 84.9 Å². The SMILES string of the molecule is CC(C)(C)OC(=O)NCCCc1cccc(CCCBr)c1CCC(=O)N1C(=O)OC[C@H]1Cc1ccccc1. The Morgan fingerprint density at radius 2 is 1.71 bits per heavy atom. The summed E-state index contributed by atoms with van der Waals surface area (Å²) < 4.78 is 10.6. The van der Waals surface area contributed by atoms with Crippen LogP contribution in [-0.4, -0.2) is 53.1 Å². The van der Waals surface area contributed by atoms with Crippen molar-refractivity contribution in [2.75, 3.05) is 18.5 Å². The number of cyclic esters (lactones) is 1. The minimum atomic E-state index is -0.558. The third-order valence-corrected chi connectivity index (χ3v) is 6.93. The van der Waals surface area contributed by atoms with Crippen LogP contribution in [0.3, 0.4) is 0 Å². The predicted molar refractivity (Wildman–Crippen MR) is 152 cm³/mol. The number of nitrogens with zero attached hydrogens (tertiary/aromatic N) is 1. The second kappa shape index (κ2) is 14.3. The number of alkyl halides is 1. The first-order valence-electron chi connectivity index (χ1n) is 13.3. The standard InChI is InChI=1S/C30H39BrN2O5/c1-30(2,3)38-28(35)32-19-9-15-24-13-7-12-23(14-8-18-31)26(24)16-17-27(34)33-25(21-37-29(33)36)20-22-10-5-4-6-11-22/h4-7,10-13,25H,8-9,14-21H2,1-3H3,(H,32,35)/t25-/m1/s1. The van der Waals surface area contributed by atoms with Gasteiger partial charge in [0.1, 0.15) is 12.2 Å². The summed E-state index contributed by atoms with van der Waals surface area (Å²) in [7, 11) is 0. The molecule has 0 aliphatic carbocycles. The molecule has 1 atom stereocenters. The molecule has 0 aromatic heterocycles. The highest BCUT2D eigenvalue weighted by Gasteiger charge is 2.37. The van der Waals surface area contributed by atoms with E-state index in [0.717, 1.165) is 42.1 Å². The van der Waals surface area contributed by atoms with E-state index in [1.165, 1.54) is 16.0 Å². The summed E-state index contributed by atoms with van der Waals surface area (Å²) in [6.07, 6.45) is 3.79. The van der Waals surface area contributed by atoms with Crippen molar-refractivity contribution in [1.29, 1.82) is 0 Å². The van der Waals surface area contributed by atoms with E-state index in [9.17, 15) is 14.4 Å². The molecule has 8 heteroatoms. The molecule has 0 saturated carbocycles. The summed E-state index contributed by atoms with van der Waals surface area (Å²) in [5, 5.41) is 3.71. The zero-order valence-corrected chi connectivity index (χ0v) is 24.2. The number of rotatable bonds is 12. The molecule has 0 radical (unpaired) electrons. The molecule has 1 heterocycles. The van der Waals surface area contributed by atoms with Crippen LogP contribution >= 0.6 is 15.9 Å². The lowest BCUT2D eigenvalue weighted by atomic mass is 9.92. The summed E-state index contributed by atoms with van der Waals surface area (Å²) in [5.41, 5.74) is 4.08. The van der Waals surface area contributed by atoms with Crippen molar-refractivity contribution in [1.82, 2.24) is 10.2 Å². The van der Waals surface area contributed by atoms with Crippen molar-refractivity contribution in [2.24, 2.45) is 0 Å². The van der Waals surface area contributed by atoms with Gasteiger partial charge in [-0.15, -0.1) is 0 Å². The van der Waals surface area contributed by atoms with Gasteiger partial charge in [-0.2, -0.15) is 0 Å². The van der Waals surface area contributed by atoms with Crippen molar-refractivity contribution in [3.63, 3.8) is 0 Å². The number of carbonyl (C=O) groups is 3. The zero-order chi connectivity index (χ0) is 27.5. The van der Waals surface area contributed by atoms with Gasteiger partial charge >= 0.3 is 12.2 Å². The normalized spacial score (nSPS) is 15.3. The molecule has 3 amide bonds. The molecular formula is C30H39BrN2O5. The van der Waals surface area contributed by atoms with Crippen LogP contribution in [0.1, 0.15) is 62.3 Å². The number of aryl methyl sites for hydroxylation is 2. The number of imide groups is 1. The molecule has 0 unspecified atom stereocenters. The van der Waals surface area contributed by atoms with Crippen molar-refractivity contribution < 1.29 is 23.9 Å². The fourth-order valence-electron chi connectivity index (χ4n) is 4.67. The molecule has 0 bridgehead atoms. The number of hydrogen-bond donors (Lipinski definition) is 1. The Bertz CT molecular complexity index is 1080. The molecule has 1 aliphatic heterocycles. The van der Waals surface area contributed by atoms with Crippen LogP contribution < -0.4 is 5.32 Å².